The van der Waals surface area contributed by atoms with Gasteiger partial charge in [0.25, 0.3) is 0 Å². The number of rotatable bonds is 6. The normalized spacial score (nSPS) is 10.8. The molecule has 0 aliphatic rings. The standard InChI is InChI=1S/C24H20ClFN2O2/c1-29-20-7-3-5-16(11-20)23-14-24(17-6-4-8-21(12-17)30-2)28(27-23)15-18-9-10-19(26)13-22(18)25/h3-14H,15H2,1-2H3. The van der Waals surface area contributed by atoms with Crippen LogP contribution in [0, 0.1) is 5.82 Å². The van der Waals surface area contributed by atoms with Crippen molar-refractivity contribution in [3.05, 3.63) is 89.2 Å². The molecule has 0 atom stereocenters. The molecule has 0 amide bonds. The third kappa shape index (κ3) is 4.16. The van der Waals surface area contributed by atoms with Gasteiger partial charge in [-0.25, -0.2) is 4.39 Å². The number of halogens is 2. The molecule has 4 aromatic rings. The van der Waals surface area contributed by atoms with Gasteiger partial charge in [-0.15, -0.1) is 0 Å². The molecule has 4 rings (SSSR count). The van der Waals surface area contributed by atoms with E-state index < -0.39 is 0 Å². The second-order valence-electron chi connectivity index (χ2n) is 6.77. The highest BCUT2D eigenvalue weighted by Gasteiger charge is 2.14. The van der Waals surface area contributed by atoms with Crippen molar-refractivity contribution >= 4 is 11.6 Å². The van der Waals surface area contributed by atoms with E-state index in [0.717, 1.165) is 39.6 Å². The van der Waals surface area contributed by atoms with Crippen molar-refractivity contribution in [1.82, 2.24) is 9.78 Å². The second-order valence-corrected chi connectivity index (χ2v) is 7.18. The quantitative estimate of drug-likeness (QED) is 0.378. The Labute approximate surface area is 179 Å². The highest BCUT2D eigenvalue weighted by Crippen LogP contribution is 2.31. The minimum absolute atomic E-state index is 0.366. The molecular formula is C24H20ClFN2O2. The van der Waals surface area contributed by atoms with Crippen molar-refractivity contribution in [3.63, 3.8) is 0 Å². The van der Waals surface area contributed by atoms with Crippen LogP contribution in [0.5, 0.6) is 11.5 Å². The van der Waals surface area contributed by atoms with Crippen LogP contribution in [-0.2, 0) is 6.54 Å². The molecule has 3 aromatic carbocycles. The summed E-state index contributed by atoms with van der Waals surface area (Å²) in [7, 11) is 3.27. The number of hydrogen-bond acceptors (Lipinski definition) is 3. The van der Waals surface area contributed by atoms with Gasteiger partial charge in [0.2, 0.25) is 0 Å². The Morgan fingerprint density at radius 1 is 0.867 bits per heavy atom. The van der Waals surface area contributed by atoms with Crippen LogP contribution in [0.4, 0.5) is 4.39 Å². The van der Waals surface area contributed by atoms with Crippen LogP contribution in [0.15, 0.2) is 72.8 Å². The van der Waals surface area contributed by atoms with Gasteiger partial charge in [0.1, 0.15) is 17.3 Å². The van der Waals surface area contributed by atoms with Gasteiger partial charge >= 0.3 is 0 Å². The van der Waals surface area contributed by atoms with E-state index in [9.17, 15) is 4.39 Å². The van der Waals surface area contributed by atoms with Crippen molar-refractivity contribution in [1.29, 1.82) is 0 Å². The van der Waals surface area contributed by atoms with Crippen LogP contribution in [0.3, 0.4) is 0 Å². The molecular weight excluding hydrogens is 403 g/mol. The van der Waals surface area contributed by atoms with Crippen molar-refractivity contribution < 1.29 is 13.9 Å². The minimum atomic E-state index is -0.366. The van der Waals surface area contributed by atoms with E-state index in [1.165, 1.54) is 12.1 Å². The zero-order valence-corrected chi connectivity index (χ0v) is 17.4. The summed E-state index contributed by atoms with van der Waals surface area (Å²) in [5, 5.41) is 5.18. The Kier molecular flexibility index (Phi) is 5.72. The summed E-state index contributed by atoms with van der Waals surface area (Å²) in [6.07, 6.45) is 0. The Morgan fingerprint density at radius 2 is 1.53 bits per heavy atom. The summed E-state index contributed by atoms with van der Waals surface area (Å²) in [4.78, 5) is 0. The maximum absolute atomic E-state index is 13.5. The average Bonchev–Trinajstić information content (AvgIpc) is 3.20. The molecule has 0 saturated heterocycles. The van der Waals surface area contributed by atoms with E-state index in [1.807, 2.05) is 59.3 Å². The second kappa shape index (κ2) is 8.59. The first-order chi connectivity index (χ1) is 14.6. The lowest BCUT2D eigenvalue weighted by atomic mass is 10.1. The highest BCUT2D eigenvalue weighted by atomic mass is 35.5. The fraction of sp³-hybridized carbons (Fsp3) is 0.125. The molecule has 0 spiro atoms. The molecule has 0 saturated carbocycles. The summed E-state index contributed by atoms with van der Waals surface area (Å²) in [5.41, 5.74) is 4.36. The first kappa shape index (κ1) is 20.0. The molecule has 0 fully saturated rings. The molecule has 1 aromatic heterocycles. The lowest BCUT2D eigenvalue weighted by Crippen LogP contribution is -2.05. The SMILES string of the molecule is COc1cccc(-c2cc(-c3cccc(OC)c3)n(Cc3ccc(F)cc3Cl)n2)c1. The van der Waals surface area contributed by atoms with Crippen LogP contribution < -0.4 is 9.47 Å². The fourth-order valence-corrected chi connectivity index (χ4v) is 3.51. The Morgan fingerprint density at radius 3 is 2.20 bits per heavy atom. The van der Waals surface area contributed by atoms with Crippen molar-refractivity contribution in [2.75, 3.05) is 14.2 Å². The van der Waals surface area contributed by atoms with Gasteiger partial charge < -0.3 is 9.47 Å². The van der Waals surface area contributed by atoms with Crippen molar-refractivity contribution in [2.45, 2.75) is 6.54 Å². The summed E-state index contributed by atoms with van der Waals surface area (Å²) in [5.74, 6) is 1.14. The van der Waals surface area contributed by atoms with E-state index in [-0.39, 0.29) is 5.82 Å². The van der Waals surface area contributed by atoms with E-state index in [0.29, 0.717) is 11.6 Å². The van der Waals surface area contributed by atoms with E-state index in [4.69, 9.17) is 26.2 Å². The van der Waals surface area contributed by atoms with Crippen LogP contribution in [0.25, 0.3) is 22.5 Å². The highest BCUT2D eigenvalue weighted by molar-refractivity contribution is 6.31. The monoisotopic (exact) mass is 422 g/mol. The third-order valence-electron chi connectivity index (χ3n) is 4.85. The molecule has 6 heteroatoms. The Bertz CT molecular complexity index is 1190. The number of methoxy groups -OCH3 is 2. The molecule has 152 valence electrons. The molecule has 30 heavy (non-hydrogen) atoms. The zero-order valence-electron chi connectivity index (χ0n) is 16.6. The fourth-order valence-electron chi connectivity index (χ4n) is 3.29. The minimum Gasteiger partial charge on any atom is -0.497 e. The number of aromatic nitrogens is 2. The maximum atomic E-state index is 13.5. The predicted molar refractivity (Wildman–Crippen MR) is 117 cm³/mol. The first-order valence-corrected chi connectivity index (χ1v) is 9.76. The molecule has 0 aliphatic carbocycles. The van der Waals surface area contributed by atoms with Crippen LogP contribution in [0.2, 0.25) is 5.02 Å². The Hall–Kier alpha value is -3.31. The number of ether oxygens (including phenoxy) is 2. The predicted octanol–water partition coefficient (Wildman–Crippen LogP) is 6.08. The summed E-state index contributed by atoms with van der Waals surface area (Å²) in [6.45, 7) is 0.398. The van der Waals surface area contributed by atoms with E-state index in [2.05, 4.69) is 0 Å². The molecule has 0 unspecified atom stereocenters. The van der Waals surface area contributed by atoms with Crippen LogP contribution in [0.1, 0.15) is 5.56 Å². The molecule has 1 heterocycles. The summed E-state index contributed by atoms with van der Waals surface area (Å²) < 4.78 is 26.1. The van der Waals surface area contributed by atoms with Crippen LogP contribution >= 0.6 is 11.6 Å². The van der Waals surface area contributed by atoms with Gasteiger partial charge in [-0.1, -0.05) is 41.9 Å². The topological polar surface area (TPSA) is 36.3 Å². The lowest BCUT2D eigenvalue weighted by Gasteiger charge is -2.10. The lowest BCUT2D eigenvalue weighted by molar-refractivity contribution is 0.415. The number of benzene rings is 3. The molecule has 4 nitrogen and oxygen atoms in total. The van der Waals surface area contributed by atoms with Gasteiger partial charge in [-0.2, -0.15) is 5.10 Å². The maximum Gasteiger partial charge on any atom is 0.124 e. The number of hydrogen-bond donors (Lipinski definition) is 0. The van der Waals surface area contributed by atoms with Gasteiger partial charge in [0, 0.05) is 16.1 Å². The third-order valence-corrected chi connectivity index (χ3v) is 5.20. The molecule has 0 N–H and O–H groups in total. The van der Waals surface area contributed by atoms with Gasteiger partial charge in [-0.05, 0) is 48.0 Å². The van der Waals surface area contributed by atoms with E-state index >= 15 is 0 Å². The number of nitrogens with zero attached hydrogens (tertiary/aromatic N) is 2. The van der Waals surface area contributed by atoms with Gasteiger partial charge in [0.05, 0.1) is 32.2 Å². The van der Waals surface area contributed by atoms with Crippen LogP contribution in [-0.4, -0.2) is 24.0 Å². The molecule has 0 bridgehead atoms. The largest absolute Gasteiger partial charge is 0.497 e. The van der Waals surface area contributed by atoms with Gasteiger partial charge in [0.15, 0.2) is 0 Å². The molecule has 0 radical (unpaired) electrons. The molecule has 0 aliphatic heterocycles. The van der Waals surface area contributed by atoms with E-state index in [1.54, 1.807) is 20.3 Å². The smallest absolute Gasteiger partial charge is 0.124 e. The average molecular weight is 423 g/mol. The summed E-state index contributed by atoms with van der Waals surface area (Å²) >= 11 is 6.27. The Balaban J connectivity index is 1.82. The zero-order chi connectivity index (χ0) is 21.1. The van der Waals surface area contributed by atoms with Crippen molar-refractivity contribution in [3.8, 4) is 34.0 Å². The first-order valence-electron chi connectivity index (χ1n) is 9.38. The summed E-state index contributed by atoms with van der Waals surface area (Å²) in [6, 6.07) is 21.9. The van der Waals surface area contributed by atoms with Crippen molar-refractivity contribution in [2.24, 2.45) is 0 Å². The van der Waals surface area contributed by atoms with Gasteiger partial charge in [-0.3, -0.25) is 4.68 Å².